The van der Waals surface area contributed by atoms with E-state index in [2.05, 4.69) is 42.0 Å². The molecule has 2 N–H and O–H groups in total. The van der Waals surface area contributed by atoms with Gasteiger partial charge in [-0.2, -0.15) is 0 Å². The van der Waals surface area contributed by atoms with E-state index in [0.717, 1.165) is 61.6 Å². The zero-order valence-electron chi connectivity index (χ0n) is 17.9. The number of halogens is 1. The summed E-state index contributed by atoms with van der Waals surface area (Å²) in [4.78, 5) is 16.0. The van der Waals surface area contributed by atoms with E-state index in [-0.39, 0.29) is 17.3 Å². The van der Waals surface area contributed by atoms with Crippen LogP contribution in [0.5, 0.6) is 0 Å². The van der Waals surface area contributed by atoms with Gasteiger partial charge < -0.3 is 20.2 Å². The number of anilines is 2. The van der Waals surface area contributed by atoms with Gasteiger partial charge in [0.1, 0.15) is 5.82 Å². The van der Waals surface area contributed by atoms with E-state index in [1.807, 2.05) is 6.07 Å². The van der Waals surface area contributed by atoms with E-state index in [4.69, 9.17) is 0 Å². The highest BCUT2D eigenvalue weighted by Gasteiger charge is 2.41. The summed E-state index contributed by atoms with van der Waals surface area (Å²) in [5, 5.41) is 12.7. The van der Waals surface area contributed by atoms with Gasteiger partial charge in [-0.05, 0) is 66.3 Å². The minimum Gasteiger partial charge on any atom is -0.478 e. The number of hydrogen-bond acceptors (Lipinski definition) is 4. The molecule has 2 aliphatic rings. The maximum absolute atomic E-state index is 14.7. The van der Waals surface area contributed by atoms with E-state index < -0.39 is 5.97 Å². The lowest BCUT2D eigenvalue weighted by Gasteiger charge is -2.49. The van der Waals surface area contributed by atoms with Gasteiger partial charge >= 0.3 is 5.97 Å². The van der Waals surface area contributed by atoms with Crippen LogP contribution in [0, 0.1) is 11.2 Å². The van der Waals surface area contributed by atoms with Crippen LogP contribution in [0.3, 0.4) is 0 Å². The molecule has 160 valence electrons. The van der Waals surface area contributed by atoms with Gasteiger partial charge in [-0.25, -0.2) is 9.18 Å². The average Bonchev–Trinajstić information content (AvgIpc) is 2.71. The smallest absolute Gasteiger partial charge is 0.335 e. The molecule has 4 rings (SSSR count). The minimum atomic E-state index is -0.911. The highest BCUT2D eigenvalue weighted by Crippen LogP contribution is 2.49. The molecule has 0 aliphatic carbocycles. The number of nitrogens with one attached hydrogen (secondary N) is 1. The van der Waals surface area contributed by atoms with Crippen molar-refractivity contribution in [1.29, 1.82) is 0 Å². The first-order chi connectivity index (χ1) is 14.3. The monoisotopic (exact) mass is 411 g/mol. The summed E-state index contributed by atoms with van der Waals surface area (Å²) < 4.78 is 14.7. The maximum Gasteiger partial charge on any atom is 0.335 e. The van der Waals surface area contributed by atoms with Crippen LogP contribution >= 0.6 is 0 Å². The summed E-state index contributed by atoms with van der Waals surface area (Å²) in [6, 6.07) is 10.8. The lowest BCUT2D eigenvalue weighted by atomic mass is 9.71. The molecule has 30 heavy (non-hydrogen) atoms. The molecule has 2 aromatic carbocycles. The highest BCUT2D eigenvalue weighted by molar-refractivity contribution is 5.88. The van der Waals surface area contributed by atoms with E-state index in [9.17, 15) is 14.3 Å². The van der Waals surface area contributed by atoms with Crippen LogP contribution < -0.4 is 15.1 Å². The number of fused-ring (bicyclic) bond motifs is 1. The lowest BCUT2D eigenvalue weighted by molar-refractivity contribution is 0.0696. The third-order valence-corrected chi connectivity index (χ3v) is 6.38. The second-order valence-electron chi connectivity index (χ2n) is 8.98. The van der Waals surface area contributed by atoms with Crippen LogP contribution in [-0.4, -0.2) is 43.8 Å². The summed E-state index contributed by atoms with van der Waals surface area (Å²) >= 11 is 0. The zero-order chi connectivity index (χ0) is 21.5. The molecular weight excluding hydrogens is 381 g/mol. The van der Waals surface area contributed by atoms with Gasteiger partial charge in [0.2, 0.25) is 0 Å². The van der Waals surface area contributed by atoms with E-state index >= 15 is 0 Å². The van der Waals surface area contributed by atoms with Gasteiger partial charge in [-0.3, -0.25) is 0 Å². The fourth-order valence-electron chi connectivity index (χ4n) is 5.13. The summed E-state index contributed by atoms with van der Waals surface area (Å²) in [5.74, 6) is -1.12. The molecule has 2 aromatic rings. The molecule has 1 unspecified atom stereocenters. The van der Waals surface area contributed by atoms with Crippen LogP contribution in [0.15, 0.2) is 36.4 Å². The molecule has 1 atom stereocenters. The highest BCUT2D eigenvalue weighted by atomic mass is 19.1. The summed E-state index contributed by atoms with van der Waals surface area (Å²) in [6.45, 7) is 10.8. The van der Waals surface area contributed by atoms with Crippen molar-refractivity contribution in [2.75, 3.05) is 42.5 Å². The number of benzene rings is 2. The Morgan fingerprint density at radius 2 is 1.93 bits per heavy atom. The van der Waals surface area contributed by atoms with Crippen molar-refractivity contribution < 1.29 is 14.3 Å². The van der Waals surface area contributed by atoms with Crippen molar-refractivity contribution in [1.82, 2.24) is 5.32 Å². The topological polar surface area (TPSA) is 55.8 Å². The molecule has 2 heterocycles. The van der Waals surface area contributed by atoms with Gasteiger partial charge in [0.15, 0.2) is 0 Å². The number of carbonyl (C=O) groups is 1. The Labute approximate surface area is 177 Å². The average molecular weight is 412 g/mol. The molecule has 0 radical (unpaired) electrons. The van der Waals surface area contributed by atoms with Crippen molar-refractivity contribution in [3.63, 3.8) is 0 Å². The van der Waals surface area contributed by atoms with Gasteiger partial charge in [-0.15, -0.1) is 0 Å². The van der Waals surface area contributed by atoms with Crippen LogP contribution in [0.2, 0.25) is 0 Å². The third-order valence-electron chi connectivity index (χ3n) is 6.38. The first-order valence-corrected chi connectivity index (χ1v) is 10.7. The Morgan fingerprint density at radius 3 is 2.60 bits per heavy atom. The van der Waals surface area contributed by atoms with Crippen LogP contribution in [-0.2, 0) is 6.42 Å². The van der Waals surface area contributed by atoms with Crippen molar-refractivity contribution in [3.05, 3.63) is 58.9 Å². The molecule has 5 nitrogen and oxygen atoms in total. The quantitative estimate of drug-likeness (QED) is 0.794. The van der Waals surface area contributed by atoms with Gasteiger partial charge in [0.05, 0.1) is 11.6 Å². The Balaban J connectivity index is 1.78. The standard InChI is InChI=1S/C24H30FN3O2/c1-4-28-21-6-5-16(23(29)30)11-18(21)15-24(2,3)22(28)17-12-19(25)14-20(13-17)27-9-7-26-8-10-27/h5-6,11-14,22,26H,4,7-10,15H2,1-3H3,(H,29,30). The molecule has 1 fully saturated rings. The van der Waals surface area contributed by atoms with E-state index in [0.29, 0.717) is 5.56 Å². The van der Waals surface area contributed by atoms with Crippen molar-refractivity contribution >= 4 is 17.3 Å². The first kappa shape index (κ1) is 20.7. The van der Waals surface area contributed by atoms with Crippen molar-refractivity contribution in [2.45, 2.75) is 33.2 Å². The predicted molar refractivity (Wildman–Crippen MR) is 118 cm³/mol. The summed E-state index contributed by atoms with van der Waals surface area (Å²) in [5.41, 5.74) is 4.12. The molecule has 1 saturated heterocycles. The number of carboxylic acids is 1. The van der Waals surface area contributed by atoms with E-state index in [1.165, 1.54) is 0 Å². The summed E-state index contributed by atoms with van der Waals surface area (Å²) in [6.07, 6.45) is 0.740. The molecular formula is C24H30FN3O2. The normalized spacial score (nSPS) is 20.7. The fraction of sp³-hybridized carbons (Fsp3) is 0.458. The fourth-order valence-corrected chi connectivity index (χ4v) is 5.13. The molecule has 0 aromatic heterocycles. The number of carboxylic acid groups (broad SMARTS) is 1. The van der Waals surface area contributed by atoms with Gasteiger partial charge in [0, 0.05) is 44.1 Å². The molecule has 0 saturated carbocycles. The first-order valence-electron chi connectivity index (χ1n) is 10.7. The van der Waals surface area contributed by atoms with Crippen molar-refractivity contribution in [3.8, 4) is 0 Å². The molecule has 2 aliphatic heterocycles. The van der Waals surface area contributed by atoms with Gasteiger partial charge in [-0.1, -0.05) is 13.8 Å². The Hall–Kier alpha value is -2.60. The largest absolute Gasteiger partial charge is 0.478 e. The van der Waals surface area contributed by atoms with Crippen LogP contribution in [0.25, 0.3) is 0 Å². The Kier molecular flexibility index (Phi) is 5.45. The number of nitrogens with zero attached hydrogens (tertiary/aromatic N) is 2. The SMILES string of the molecule is CCN1c2ccc(C(=O)O)cc2CC(C)(C)C1c1cc(F)cc(N2CCNCC2)c1. The second kappa shape index (κ2) is 7.91. The number of aromatic carboxylic acids is 1. The molecule has 0 spiro atoms. The summed E-state index contributed by atoms with van der Waals surface area (Å²) in [7, 11) is 0. The molecule has 0 amide bonds. The number of piperazine rings is 1. The number of rotatable bonds is 4. The minimum absolute atomic E-state index is 0.00282. The Morgan fingerprint density at radius 1 is 1.20 bits per heavy atom. The number of hydrogen-bond donors (Lipinski definition) is 2. The van der Waals surface area contributed by atoms with Crippen LogP contribution in [0.4, 0.5) is 15.8 Å². The molecule has 0 bridgehead atoms. The second-order valence-corrected chi connectivity index (χ2v) is 8.98. The maximum atomic E-state index is 14.7. The molecule has 6 heteroatoms. The van der Waals surface area contributed by atoms with Crippen LogP contribution in [0.1, 0.15) is 48.3 Å². The predicted octanol–water partition coefficient (Wildman–Crippen LogP) is 4.08. The van der Waals surface area contributed by atoms with Crippen molar-refractivity contribution in [2.24, 2.45) is 5.41 Å². The Bertz CT molecular complexity index is 953. The zero-order valence-corrected chi connectivity index (χ0v) is 17.9. The van der Waals surface area contributed by atoms with E-state index in [1.54, 1.807) is 24.3 Å². The lowest BCUT2D eigenvalue weighted by Crippen LogP contribution is -2.45. The van der Waals surface area contributed by atoms with Gasteiger partial charge in [0.25, 0.3) is 0 Å². The third kappa shape index (κ3) is 3.76.